The van der Waals surface area contributed by atoms with Crippen molar-refractivity contribution in [2.75, 3.05) is 13.7 Å². The molecule has 3 heteroatoms. The predicted molar refractivity (Wildman–Crippen MR) is 88.1 cm³/mol. The smallest absolute Gasteiger partial charge is 0.118 e. The second-order valence-corrected chi connectivity index (χ2v) is 6.07. The first kappa shape index (κ1) is 17.3. The average molecular weight is 298 g/mol. The summed E-state index contributed by atoms with van der Waals surface area (Å²) >= 11 is 0. The number of methoxy groups -OCH3 is 1. The highest BCUT2D eigenvalue weighted by molar-refractivity contribution is 5.85. The van der Waals surface area contributed by atoms with Crippen LogP contribution in [0.1, 0.15) is 51.0 Å². The Balaban J connectivity index is 0.00000200. The van der Waals surface area contributed by atoms with Crippen LogP contribution in [0.2, 0.25) is 0 Å². The molecule has 2 nitrogen and oxygen atoms in total. The summed E-state index contributed by atoms with van der Waals surface area (Å²) in [5, 5.41) is 3.72. The number of benzene rings is 1. The Kier molecular flexibility index (Phi) is 7.39. The Hall–Kier alpha value is -0.730. The number of hydrogen-bond acceptors (Lipinski definition) is 2. The summed E-state index contributed by atoms with van der Waals surface area (Å²) in [6.07, 6.45) is 5.25. The number of nitrogens with one attached hydrogen (secondary N) is 1. The minimum atomic E-state index is 0. The van der Waals surface area contributed by atoms with Crippen molar-refractivity contribution >= 4 is 12.4 Å². The molecule has 1 saturated heterocycles. The summed E-state index contributed by atoms with van der Waals surface area (Å²) in [5.74, 6) is 2.31. The van der Waals surface area contributed by atoms with Crippen LogP contribution in [0.4, 0.5) is 0 Å². The predicted octanol–water partition coefficient (Wildman–Crippen LogP) is 4.39. The van der Waals surface area contributed by atoms with Crippen molar-refractivity contribution in [1.29, 1.82) is 0 Å². The van der Waals surface area contributed by atoms with Crippen LogP contribution in [-0.2, 0) is 0 Å². The highest BCUT2D eigenvalue weighted by Gasteiger charge is 2.25. The Bertz CT molecular complexity index is 371. The van der Waals surface area contributed by atoms with Gasteiger partial charge < -0.3 is 10.1 Å². The third kappa shape index (κ3) is 4.68. The van der Waals surface area contributed by atoms with E-state index >= 15 is 0 Å². The Morgan fingerprint density at radius 3 is 2.40 bits per heavy atom. The Morgan fingerprint density at radius 2 is 1.90 bits per heavy atom. The molecule has 0 bridgehead atoms. The fraction of sp³-hybridized carbons (Fsp3) is 0.647. The zero-order chi connectivity index (χ0) is 13.7. The van der Waals surface area contributed by atoms with Crippen LogP contribution in [0.3, 0.4) is 0 Å². The molecule has 1 aromatic carbocycles. The second-order valence-electron chi connectivity index (χ2n) is 6.07. The van der Waals surface area contributed by atoms with Gasteiger partial charge in [-0.3, -0.25) is 0 Å². The first-order valence-corrected chi connectivity index (χ1v) is 7.58. The Morgan fingerprint density at radius 1 is 1.20 bits per heavy atom. The van der Waals surface area contributed by atoms with Gasteiger partial charge in [-0.15, -0.1) is 12.4 Å². The maximum Gasteiger partial charge on any atom is 0.118 e. The fourth-order valence-electron chi connectivity index (χ4n) is 3.11. The summed E-state index contributed by atoms with van der Waals surface area (Å²) < 4.78 is 5.26. The molecule has 1 fully saturated rings. The van der Waals surface area contributed by atoms with E-state index in [-0.39, 0.29) is 12.4 Å². The summed E-state index contributed by atoms with van der Waals surface area (Å²) in [5.41, 5.74) is 1.45. The van der Waals surface area contributed by atoms with Gasteiger partial charge in [0.15, 0.2) is 0 Å². The van der Waals surface area contributed by atoms with Crippen molar-refractivity contribution in [2.45, 2.75) is 51.5 Å². The van der Waals surface area contributed by atoms with Gasteiger partial charge in [0.05, 0.1) is 7.11 Å². The molecule has 2 unspecified atom stereocenters. The van der Waals surface area contributed by atoms with Gasteiger partial charge in [-0.1, -0.05) is 32.4 Å². The highest BCUT2D eigenvalue weighted by atomic mass is 35.5. The number of rotatable bonds is 5. The van der Waals surface area contributed by atoms with Gasteiger partial charge in [-0.2, -0.15) is 0 Å². The lowest BCUT2D eigenvalue weighted by Crippen LogP contribution is -2.39. The maximum absolute atomic E-state index is 5.26. The van der Waals surface area contributed by atoms with Gasteiger partial charge in [0.1, 0.15) is 5.75 Å². The molecule has 1 N–H and O–H groups in total. The zero-order valence-corrected chi connectivity index (χ0v) is 13.7. The van der Waals surface area contributed by atoms with Crippen LogP contribution in [0.15, 0.2) is 24.3 Å². The second kappa shape index (κ2) is 8.53. The molecule has 2 atom stereocenters. The minimum absolute atomic E-state index is 0. The van der Waals surface area contributed by atoms with E-state index in [4.69, 9.17) is 4.74 Å². The van der Waals surface area contributed by atoms with Crippen LogP contribution < -0.4 is 10.1 Å². The van der Waals surface area contributed by atoms with Gasteiger partial charge in [0.25, 0.3) is 0 Å². The van der Waals surface area contributed by atoms with E-state index in [2.05, 4.69) is 43.4 Å². The highest BCUT2D eigenvalue weighted by Crippen LogP contribution is 2.32. The van der Waals surface area contributed by atoms with Crippen molar-refractivity contribution in [3.8, 4) is 5.75 Å². The standard InChI is InChI=1S/C17H27NO.ClH/c1-13(2)12-16(17-6-4-5-11-18-17)14-7-9-15(19-3)10-8-14;/h7-10,13,16-18H,4-6,11-12H2,1-3H3;1H. The van der Waals surface area contributed by atoms with Crippen molar-refractivity contribution < 1.29 is 4.74 Å². The molecule has 0 aromatic heterocycles. The van der Waals surface area contributed by atoms with Crippen molar-refractivity contribution in [3.63, 3.8) is 0 Å². The normalized spacial score (nSPS) is 20.3. The number of halogens is 1. The summed E-state index contributed by atoms with van der Waals surface area (Å²) in [6, 6.07) is 9.30. The zero-order valence-electron chi connectivity index (χ0n) is 12.9. The number of ether oxygens (including phenoxy) is 1. The van der Waals surface area contributed by atoms with Crippen LogP contribution in [-0.4, -0.2) is 19.7 Å². The molecular weight excluding hydrogens is 270 g/mol. The Labute approximate surface area is 129 Å². The quantitative estimate of drug-likeness (QED) is 0.870. The van der Waals surface area contributed by atoms with E-state index in [9.17, 15) is 0 Å². The molecule has 20 heavy (non-hydrogen) atoms. The van der Waals surface area contributed by atoms with E-state index in [1.54, 1.807) is 7.11 Å². The maximum atomic E-state index is 5.26. The largest absolute Gasteiger partial charge is 0.497 e. The molecule has 1 aromatic rings. The van der Waals surface area contributed by atoms with E-state index in [1.165, 1.54) is 37.8 Å². The van der Waals surface area contributed by atoms with E-state index in [0.717, 1.165) is 11.7 Å². The lowest BCUT2D eigenvalue weighted by atomic mass is 9.81. The molecule has 0 saturated carbocycles. The van der Waals surface area contributed by atoms with E-state index in [0.29, 0.717) is 12.0 Å². The van der Waals surface area contributed by atoms with Crippen LogP contribution in [0, 0.1) is 5.92 Å². The molecule has 0 amide bonds. The first-order valence-electron chi connectivity index (χ1n) is 7.58. The lowest BCUT2D eigenvalue weighted by Gasteiger charge is -2.33. The summed E-state index contributed by atoms with van der Waals surface area (Å²) in [7, 11) is 1.73. The molecule has 0 radical (unpaired) electrons. The molecule has 114 valence electrons. The average Bonchev–Trinajstić information content (AvgIpc) is 2.46. The van der Waals surface area contributed by atoms with Gasteiger partial charge in [0.2, 0.25) is 0 Å². The van der Waals surface area contributed by atoms with Crippen LogP contribution >= 0.6 is 12.4 Å². The minimum Gasteiger partial charge on any atom is -0.497 e. The van der Waals surface area contributed by atoms with Crippen LogP contribution in [0.25, 0.3) is 0 Å². The van der Waals surface area contributed by atoms with Crippen molar-refractivity contribution in [1.82, 2.24) is 5.32 Å². The SMILES string of the molecule is COc1ccc(C(CC(C)C)C2CCCCN2)cc1.Cl. The van der Waals surface area contributed by atoms with Gasteiger partial charge >= 0.3 is 0 Å². The molecule has 1 aliphatic heterocycles. The summed E-state index contributed by atoms with van der Waals surface area (Å²) in [6.45, 7) is 5.81. The topological polar surface area (TPSA) is 21.3 Å². The lowest BCUT2D eigenvalue weighted by molar-refractivity contribution is 0.318. The molecule has 0 spiro atoms. The third-order valence-electron chi connectivity index (χ3n) is 4.10. The van der Waals surface area contributed by atoms with Crippen molar-refractivity contribution in [3.05, 3.63) is 29.8 Å². The summed E-state index contributed by atoms with van der Waals surface area (Å²) in [4.78, 5) is 0. The van der Waals surface area contributed by atoms with Crippen molar-refractivity contribution in [2.24, 2.45) is 5.92 Å². The molecule has 2 rings (SSSR count). The molecule has 1 heterocycles. The molecule has 1 aliphatic rings. The van der Waals surface area contributed by atoms with Gasteiger partial charge in [-0.25, -0.2) is 0 Å². The molecule has 0 aliphatic carbocycles. The number of hydrogen-bond donors (Lipinski definition) is 1. The fourth-order valence-corrected chi connectivity index (χ4v) is 3.11. The molecular formula is C17H28ClNO. The van der Waals surface area contributed by atoms with E-state index < -0.39 is 0 Å². The first-order chi connectivity index (χ1) is 9.20. The monoisotopic (exact) mass is 297 g/mol. The third-order valence-corrected chi connectivity index (χ3v) is 4.10. The van der Waals surface area contributed by atoms with Gasteiger partial charge in [-0.05, 0) is 55.3 Å². The van der Waals surface area contributed by atoms with Gasteiger partial charge in [0, 0.05) is 6.04 Å². The van der Waals surface area contributed by atoms with E-state index in [1.807, 2.05) is 0 Å². The number of piperidine rings is 1. The van der Waals surface area contributed by atoms with Crippen LogP contribution in [0.5, 0.6) is 5.75 Å².